The van der Waals surface area contributed by atoms with Crippen LogP contribution in [-0.2, 0) is 4.79 Å². The average molecular weight is 198 g/mol. The fourth-order valence-corrected chi connectivity index (χ4v) is 2.12. The van der Waals surface area contributed by atoms with Crippen molar-refractivity contribution in [2.24, 2.45) is 11.8 Å². The predicted molar refractivity (Wildman–Crippen MR) is 62.4 cm³/mol. The van der Waals surface area contributed by atoms with E-state index in [0.717, 1.165) is 12.3 Å². The summed E-state index contributed by atoms with van der Waals surface area (Å²) < 4.78 is 0. The third-order valence-electron chi connectivity index (χ3n) is 2.91. The molecule has 0 saturated carbocycles. The molecule has 0 aliphatic rings. The molecule has 0 aromatic rings. The quantitative estimate of drug-likeness (QED) is 0.571. The molecule has 0 aliphatic heterocycles. The fourth-order valence-electron chi connectivity index (χ4n) is 2.12. The van der Waals surface area contributed by atoms with E-state index in [0.29, 0.717) is 11.7 Å². The zero-order valence-corrected chi connectivity index (χ0v) is 10.3. The van der Waals surface area contributed by atoms with Crippen LogP contribution in [0.5, 0.6) is 0 Å². The van der Waals surface area contributed by atoms with Crippen LogP contribution in [0, 0.1) is 11.8 Å². The van der Waals surface area contributed by atoms with Crippen molar-refractivity contribution in [2.75, 3.05) is 0 Å². The van der Waals surface area contributed by atoms with E-state index in [-0.39, 0.29) is 0 Å². The number of unbranched alkanes of at least 4 members (excludes halogenated alkanes) is 1. The molecule has 84 valence electrons. The number of hydrogen-bond acceptors (Lipinski definition) is 1. The Balaban J connectivity index is 3.73. The topological polar surface area (TPSA) is 17.1 Å². The highest BCUT2D eigenvalue weighted by Gasteiger charge is 2.12. The summed E-state index contributed by atoms with van der Waals surface area (Å²) in [5.41, 5.74) is 0. The maximum Gasteiger partial charge on any atom is 0.130 e. The van der Waals surface area contributed by atoms with Gasteiger partial charge in [0.1, 0.15) is 5.78 Å². The van der Waals surface area contributed by atoms with E-state index in [1.54, 1.807) is 6.92 Å². The Kier molecular flexibility index (Phi) is 7.83. The molecular weight excluding hydrogens is 172 g/mol. The van der Waals surface area contributed by atoms with Gasteiger partial charge in [-0.2, -0.15) is 0 Å². The van der Waals surface area contributed by atoms with Crippen molar-refractivity contribution in [2.45, 2.75) is 66.2 Å². The molecule has 0 spiro atoms. The van der Waals surface area contributed by atoms with Gasteiger partial charge in [-0.1, -0.05) is 46.5 Å². The second-order valence-electron chi connectivity index (χ2n) is 4.66. The van der Waals surface area contributed by atoms with Gasteiger partial charge in [0.25, 0.3) is 0 Å². The van der Waals surface area contributed by atoms with Crippen LogP contribution in [-0.4, -0.2) is 5.78 Å². The van der Waals surface area contributed by atoms with Crippen LogP contribution in [0.25, 0.3) is 0 Å². The highest BCUT2D eigenvalue weighted by atomic mass is 16.1. The molecule has 0 aliphatic carbocycles. The van der Waals surface area contributed by atoms with Crippen LogP contribution < -0.4 is 0 Å². The molecule has 0 aromatic carbocycles. The Morgan fingerprint density at radius 3 is 2.36 bits per heavy atom. The molecule has 0 heterocycles. The third kappa shape index (κ3) is 7.11. The minimum absolute atomic E-state index is 0.336. The van der Waals surface area contributed by atoms with Crippen molar-refractivity contribution in [3.63, 3.8) is 0 Å². The van der Waals surface area contributed by atoms with Crippen LogP contribution in [0.2, 0.25) is 0 Å². The minimum Gasteiger partial charge on any atom is -0.300 e. The Hall–Kier alpha value is -0.330. The standard InChI is InChI=1S/C13H26O/c1-5-7-8-13(6-2)10-11(3)9-12(4)14/h11,13H,5-10H2,1-4H3. The van der Waals surface area contributed by atoms with Crippen LogP contribution in [0.15, 0.2) is 0 Å². The Morgan fingerprint density at radius 2 is 1.93 bits per heavy atom. The first-order valence-electron chi connectivity index (χ1n) is 6.09. The average Bonchev–Trinajstić information content (AvgIpc) is 2.10. The van der Waals surface area contributed by atoms with Crippen LogP contribution >= 0.6 is 0 Å². The van der Waals surface area contributed by atoms with E-state index in [1.165, 1.54) is 32.1 Å². The third-order valence-corrected chi connectivity index (χ3v) is 2.91. The van der Waals surface area contributed by atoms with Crippen molar-refractivity contribution in [3.05, 3.63) is 0 Å². The van der Waals surface area contributed by atoms with E-state index in [4.69, 9.17) is 0 Å². The second-order valence-corrected chi connectivity index (χ2v) is 4.66. The van der Waals surface area contributed by atoms with Gasteiger partial charge in [0, 0.05) is 6.42 Å². The lowest BCUT2D eigenvalue weighted by atomic mass is 9.87. The summed E-state index contributed by atoms with van der Waals surface area (Å²) in [6.07, 6.45) is 7.24. The zero-order chi connectivity index (χ0) is 11.0. The number of Topliss-reactive ketones (excluding diaryl/α,β-unsaturated/α-hetero) is 1. The van der Waals surface area contributed by atoms with Gasteiger partial charge in [-0.3, -0.25) is 0 Å². The maximum atomic E-state index is 10.9. The molecule has 0 rings (SSSR count). The van der Waals surface area contributed by atoms with E-state index in [2.05, 4.69) is 20.8 Å². The molecule has 0 N–H and O–H groups in total. The minimum atomic E-state index is 0.336. The number of hydrogen-bond donors (Lipinski definition) is 0. The molecule has 0 amide bonds. The van der Waals surface area contributed by atoms with E-state index >= 15 is 0 Å². The molecule has 0 fully saturated rings. The summed E-state index contributed by atoms with van der Waals surface area (Å²) in [6.45, 7) is 8.41. The van der Waals surface area contributed by atoms with Crippen molar-refractivity contribution in [1.82, 2.24) is 0 Å². The summed E-state index contributed by atoms with van der Waals surface area (Å²) in [5.74, 6) is 1.75. The lowest BCUT2D eigenvalue weighted by Crippen LogP contribution is -2.09. The Morgan fingerprint density at radius 1 is 1.29 bits per heavy atom. The molecular formula is C13H26O. The van der Waals surface area contributed by atoms with Crippen LogP contribution in [0.4, 0.5) is 0 Å². The van der Waals surface area contributed by atoms with Gasteiger partial charge in [0.05, 0.1) is 0 Å². The smallest absolute Gasteiger partial charge is 0.130 e. The molecule has 0 aromatic heterocycles. The molecule has 14 heavy (non-hydrogen) atoms. The van der Waals surface area contributed by atoms with Gasteiger partial charge in [-0.05, 0) is 25.2 Å². The number of rotatable bonds is 8. The van der Waals surface area contributed by atoms with E-state index in [1.807, 2.05) is 0 Å². The highest BCUT2D eigenvalue weighted by Crippen LogP contribution is 2.23. The summed E-state index contributed by atoms with van der Waals surface area (Å²) in [7, 11) is 0. The molecule has 2 atom stereocenters. The van der Waals surface area contributed by atoms with Gasteiger partial charge in [0.2, 0.25) is 0 Å². The number of carbonyl (C=O) groups is 1. The molecule has 0 saturated heterocycles. The molecule has 1 nitrogen and oxygen atoms in total. The van der Waals surface area contributed by atoms with Gasteiger partial charge >= 0.3 is 0 Å². The maximum absolute atomic E-state index is 10.9. The molecule has 0 radical (unpaired) electrons. The molecule has 1 heteroatoms. The highest BCUT2D eigenvalue weighted by molar-refractivity contribution is 5.75. The van der Waals surface area contributed by atoms with Crippen molar-refractivity contribution in [1.29, 1.82) is 0 Å². The van der Waals surface area contributed by atoms with Crippen molar-refractivity contribution < 1.29 is 4.79 Å². The second kappa shape index (κ2) is 8.02. The monoisotopic (exact) mass is 198 g/mol. The van der Waals surface area contributed by atoms with Crippen LogP contribution in [0.3, 0.4) is 0 Å². The molecule has 0 bridgehead atoms. The summed E-state index contributed by atoms with van der Waals surface area (Å²) >= 11 is 0. The predicted octanol–water partition coefficient (Wildman–Crippen LogP) is 4.21. The van der Waals surface area contributed by atoms with Gasteiger partial charge < -0.3 is 4.79 Å². The molecule has 2 unspecified atom stereocenters. The fraction of sp³-hybridized carbons (Fsp3) is 0.923. The van der Waals surface area contributed by atoms with Gasteiger partial charge in [-0.25, -0.2) is 0 Å². The van der Waals surface area contributed by atoms with Crippen LogP contribution in [0.1, 0.15) is 66.2 Å². The van der Waals surface area contributed by atoms with Crippen molar-refractivity contribution in [3.8, 4) is 0 Å². The number of ketones is 1. The van der Waals surface area contributed by atoms with Crippen molar-refractivity contribution >= 4 is 5.78 Å². The van der Waals surface area contributed by atoms with E-state index < -0.39 is 0 Å². The first-order chi connectivity index (χ1) is 6.60. The Bertz CT molecular complexity index is 151. The number of carbonyl (C=O) groups excluding carboxylic acids is 1. The Labute approximate surface area is 89.3 Å². The zero-order valence-electron chi connectivity index (χ0n) is 10.3. The van der Waals surface area contributed by atoms with E-state index in [9.17, 15) is 4.79 Å². The lowest BCUT2D eigenvalue weighted by molar-refractivity contribution is -0.117. The van der Waals surface area contributed by atoms with Gasteiger partial charge in [-0.15, -0.1) is 0 Å². The largest absolute Gasteiger partial charge is 0.300 e. The SMILES string of the molecule is CCCCC(CC)CC(C)CC(C)=O. The lowest BCUT2D eigenvalue weighted by Gasteiger charge is -2.18. The summed E-state index contributed by atoms with van der Waals surface area (Å²) in [4.78, 5) is 10.9. The normalized spacial score (nSPS) is 15.1. The van der Waals surface area contributed by atoms with Gasteiger partial charge in [0.15, 0.2) is 0 Å². The summed E-state index contributed by atoms with van der Waals surface area (Å²) in [5, 5.41) is 0. The first kappa shape index (κ1) is 13.7. The first-order valence-corrected chi connectivity index (χ1v) is 6.09. The summed E-state index contributed by atoms with van der Waals surface area (Å²) in [6, 6.07) is 0.